The Kier molecular flexibility index (Phi) is 6.08. The number of nitrogens with zero attached hydrogens (tertiary/aromatic N) is 1. The Bertz CT molecular complexity index is 738. The third-order valence-corrected chi connectivity index (χ3v) is 3.56. The molecular weight excluding hydrogens is 337 g/mol. The van der Waals surface area contributed by atoms with Gasteiger partial charge in [-0.25, -0.2) is 4.39 Å². The van der Waals surface area contributed by atoms with Crippen LogP contribution in [0.2, 0.25) is 5.02 Å². The van der Waals surface area contributed by atoms with Crippen LogP contribution in [0.3, 0.4) is 0 Å². The van der Waals surface area contributed by atoms with Crippen LogP contribution in [0.25, 0.3) is 0 Å². The van der Waals surface area contributed by atoms with Gasteiger partial charge in [-0.05, 0) is 36.2 Å². The summed E-state index contributed by atoms with van der Waals surface area (Å²) in [6.45, 7) is 0.384. The van der Waals surface area contributed by atoms with Gasteiger partial charge in [0.25, 0.3) is 5.69 Å². The Hall–Kier alpha value is -2.67. The van der Waals surface area contributed by atoms with E-state index in [1.54, 1.807) is 18.2 Å². The summed E-state index contributed by atoms with van der Waals surface area (Å²) < 4.78 is 12.8. The Morgan fingerprint density at radius 1 is 1.21 bits per heavy atom. The third-order valence-electron chi connectivity index (χ3n) is 3.25. The molecule has 2 aromatic rings. The van der Waals surface area contributed by atoms with Crippen molar-refractivity contribution in [1.82, 2.24) is 5.32 Å². The molecule has 0 atom stereocenters. The van der Waals surface area contributed by atoms with Gasteiger partial charge in [-0.1, -0.05) is 23.7 Å². The standard InChI is InChI=1S/C16H15ClFN3O3/c17-14-6-5-13(9-15(14)21(23)24)20-10-16(22)19-8-7-11-1-3-12(18)4-2-11/h1-6,9,20H,7-8,10H2,(H,19,22). The number of carbonyl (C=O) groups excluding carboxylic acids is 1. The van der Waals surface area contributed by atoms with Gasteiger partial charge in [0.15, 0.2) is 0 Å². The first-order chi connectivity index (χ1) is 11.5. The number of carbonyl (C=O) groups is 1. The molecule has 0 saturated heterocycles. The molecule has 0 aliphatic heterocycles. The second-order valence-corrected chi connectivity index (χ2v) is 5.41. The summed E-state index contributed by atoms with van der Waals surface area (Å²) in [4.78, 5) is 22.0. The lowest BCUT2D eigenvalue weighted by Crippen LogP contribution is -2.31. The highest BCUT2D eigenvalue weighted by Gasteiger charge is 2.13. The Morgan fingerprint density at radius 3 is 2.58 bits per heavy atom. The number of nitro groups is 1. The quantitative estimate of drug-likeness (QED) is 0.592. The Morgan fingerprint density at radius 2 is 1.92 bits per heavy atom. The molecule has 0 unspecified atom stereocenters. The van der Waals surface area contributed by atoms with E-state index in [1.165, 1.54) is 24.3 Å². The molecule has 0 heterocycles. The van der Waals surface area contributed by atoms with Crippen LogP contribution in [0.5, 0.6) is 0 Å². The summed E-state index contributed by atoms with van der Waals surface area (Å²) in [7, 11) is 0. The smallest absolute Gasteiger partial charge is 0.289 e. The highest BCUT2D eigenvalue weighted by molar-refractivity contribution is 6.32. The van der Waals surface area contributed by atoms with Gasteiger partial charge in [-0.3, -0.25) is 14.9 Å². The summed E-state index contributed by atoms with van der Waals surface area (Å²) in [5.41, 5.74) is 1.12. The first-order valence-electron chi connectivity index (χ1n) is 7.14. The van der Waals surface area contributed by atoms with Gasteiger partial charge in [-0.15, -0.1) is 0 Å². The van der Waals surface area contributed by atoms with E-state index in [2.05, 4.69) is 10.6 Å². The van der Waals surface area contributed by atoms with Crippen LogP contribution < -0.4 is 10.6 Å². The molecule has 0 radical (unpaired) electrons. The number of nitro benzene ring substituents is 1. The number of nitrogens with one attached hydrogen (secondary N) is 2. The maximum absolute atomic E-state index is 12.8. The van der Waals surface area contributed by atoms with E-state index >= 15 is 0 Å². The van der Waals surface area contributed by atoms with Crippen molar-refractivity contribution < 1.29 is 14.1 Å². The number of benzene rings is 2. The van der Waals surface area contributed by atoms with Gasteiger partial charge in [0.2, 0.25) is 5.91 Å². The molecule has 6 nitrogen and oxygen atoms in total. The topological polar surface area (TPSA) is 84.3 Å². The lowest BCUT2D eigenvalue weighted by Gasteiger charge is -2.08. The Balaban J connectivity index is 1.78. The zero-order valence-corrected chi connectivity index (χ0v) is 13.3. The summed E-state index contributed by atoms with van der Waals surface area (Å²) in [5, 5.41) is 16.3. The summed E-state index contributed by atoms with van der Waals surface area (Å²) in [6, 6.07) is 10.3. The molecular formula is C16H15ClFN3O3. The normalized spacial score (nSPS) is 10.2. The van der Waals surface area contributed by atoms with E-state index in [1.807, 2.05) is 0 Å². The lowest BCUT2D eigenvalue weighted by atomic mass is 10.1. The molecule has 0 aromatic heterocycles. The van der Waals surface area contributed by atoms with Crippen LogP contribution in [-0.4, -0.2) is 23.9 Å². The zero-order valence-electron chi connectivity index (χ0n) is 12.6. The van der Waals surface area contributed by atoms with Crippen molar-refractivity contribution in [3.63, 3.8) is 0 Å². The van der Waals surface area contributed by atoms with Gasteiger partial charge in [0, 0.05) is 18.3 Å². The van der Waals surface area contributed by atoms with Crippen molar-refractivity contribution in [3.05, 3.63) is 69.0 Å². The molecule has 126 valence electrons. The van der Waals surface area contributed by atoms with Crippen molar-refractivity contribution in [3.8, 4) is 0 Å². The SMILES string of the molecule is O=C(CNc1ccc(Cl)c([N+](=O)[O-])c1)NCCc1ccc(F)cc1. The number of hydrogen-bond acceptors (Lipinski definition) is 4. The van der Waals surface area contributed by atoms with Gasteiger partial charge < -0.3 is 10.6 Å². The predicted molar refractivity (Wildman–Crippen MR) is 89.7 cm³/mol. The summed E-state index contributed by atoms with van der Waals surface area (Å²) >= 11 is 5.72. The highest BCUT2D eigenvalue weighted by atomic mass is 35.5. The van der Waals surface area contributed by atoms with Crippen molar-refractivity contribution in [2.24, 2.45) is 0 Å². The Labute approximate surface area is 142 Å². The lowest BCUT2D eigenvalue weighted by molar-refractivity contribution is -0.384. The van der Waals surface area contributed by atoms with E-state index in [-0.39, 0.29) is 29.0 Å². The fourth-order valence-corrected chi connectivity index (χ4v) is 2.19. The van der Waals surface area contributed by atoms with Gasteiger partial charge in [0.05, 0.1) is 11.5 Å². The fourth-order valence-electron chi connectivity index (χ4n) is 2.00. The van der Waals surface area contributed by atoms with E-state index in [4.69, 9.17) is 11.6 Å². The molecule has 1 amide bonds. The number of hydrogen-bond donors (Lipinski definition) is 2. The largest absolute Gasteiger partial charge is 0.376 e. The minimum atomic E-state index is -0.587. The van der Waals surface area contributed by atoms with E-state index in [0.29, 0.717) is 18.7 Å². The summed E-state index contributed by atoms with van der Waals surface area (Å²) in [6.07, 6.45) is 0.582. The van der Waals surface area contributed by atoms with Crippen LogP contribution in [0.1, 0.15) is 5.56 Å². The molecule has 0 aliphatic rings. The van der Waals surface area contributed by atoms with E-state index < -0.39 is 4.92 Å². The van der Waals surface area contributed by atoms with Gasteiger partial charge >= 0.3 is 0 Å². The summed E-state index contributed by atoms with van der Waals surface area (Å²) in [5.74, 6) is -0.557. The van der Waals surface area contributed by atoms with Crippen molar-refractivity contribution >= 4 is 28.9 Å². The maximum Gasteiger partial charge on any atom is 0.289 e. The molecule has 2 rings (SSSR count). The molecule has 0 spiro atoms. The third kappa shape index (κ3) is 5.20. The minimum Gasteiger partial charge on any atom is -0.376 e. The monoisotopic (exact) mass is 351 g/mol. The predicted octanol–water partition coefficient (Wildman–Crippen LogP) is 3.16. The van der Waals surface area contributed by atoms with Crippen LogP contribution in [0, 0.1) is 15.9 Å². The number of halogens is 2. The number of rotatable bonds is 7. The van der Waals surface area contributed by atoms with Crippen LogP contribution in [0.4, 0.5) is 15.8 Å². The minimum absolute atomic E-state index is 0.0256. The van der Waals surface area contributed by atoms with Gasteiger partial charge in [0.1, 0.15) is 10.8 Å². The average molecular weight is 352 g/mol. The van der Waals surface area contributed by atoms with Crippen molar-refractivity contribution in [2.45, 2.75) is 6.42 Å². The molecule has 24 heavy (non-hydrogen) atoms. The fraction of sp³-hybridized carbons (Fsp3) is 0.188. The molecule has 2 N–H and O–H groups in total. The molecule has 0 bridgehead atoms. The zero-order chi connectivity index (χ0) is 17.5. The maximum atomic E-state index is 12.8. The molecule has 0 aliphatic carbocycles. The molecule has 8 heteroatoms. The molecule has 0 saturated carbocycles. The van der Waals surface area contributed by atoms with Crippen molar-refractivity contribution in [2.75, 3.05) is 18.4 Å². The first kappa shape index (κ1) is 17.7. The second kappa shape index (κ2) is 8.26. The van der Waals surface area contributed by atoms with Crippen LogP contribution >= 0.6 is 11.6 Å². The number of anilines is 1. The van der Waals surface area contributed by atoms with Crippen LogP contribution in [-0.2, 0) is 11.2 Å². The molecule has 0 fully saturated rings. The van der Waals surface area contributed by atoms with Gasteiger partial charge in [-0.2, -0.15) is 0 Å². The number of amides is 1. The average Bonchev–Trinajstić information content (AvgIpc) is 2.55. The highest BCUT2D eigenvalue weighted by Crippen LogP contribution is 2.27. The van der Waals surface area contributed by atoms with E-state index in [9.17, 15) is 19.3 Å². The second-order valence-electron chi connectivity index (χ2n) is 5.00. The van der Waals surface area contributed by atoms with Crippen LogP contribution in [0.15, 0.2) is 42.5 Å². The van der Waals surface area contributed by atoms with Crippen molar-refractivity contribution in [1.29, 1.82) is 0 Å². The molecule has 2 aromatic carbocycles. The van der Waals surface area contributed by atoms with E-state index in [0.717, 1.165) is 5.56 Å². The first-order valence-corrected chi connectivity index (χ1v) is 7.52.